The minimum atomic E-state index is 0.480. The zero-order valence-electron chi connectivity index (χ0n) is 15.7. The van der Waals surface area contributed by atoms with Gasteiger partial charge in [0.15, 0.2) is 11.5 Å². The molecule has 0 aliphatic heterocycles. The maximum atomic E-state index is 5.96. The van der Waals surface area contributed by atoms with Crippen LogP contribution in [0.15, 0.2) is 78.9 Å². The third kappa shape index (κ3) is 4.91. The molecule has 0 N–H and O–H groups in total. The van der Waals surface area contributed by atoms with E-state index in [4.69, 9.17) is 14.2 Å². The molecule has 3 aromatic rings. The fourth-order valence-corrected chi connectivity index (χ4v) is 2.90. The molecule has 0 bridgehead atoms. The first kappa shape index (κ1) is 18.6. The quantitative estimate of drug-likeness (QED) is 0.528. The summed E-state index contributed by atoms with van der Waals surface area (Å²) >= 11 is 0. The largest absolute Gasteiger partial charge is 0.492 e. The third-order valence-electron chi connectivity index (χ3n) is 4.25. The fourth-order valence-electron chi connectivity index (χ4n) is 2.90. The molecule has 0 spiro atoms. The molecule has 0 unspecified atom stereocenters. The Morgan fingerprint density at radius 2 is 1.41 bits per heavy atom. The molecule has 0 fully saturated rings. The summed E-state index contributed by atoms with van der Waals surface area (Å²) in [6.07, 6.45) is 4.97. The van der Waals surface area contributed by atoms with Gasteiger partial charge in [-0.3, -0.25) is 0 Å². The van der Waals surface area contributed by atoms with Gasteiger partial charge in [0.1, 0.15) is 6.61 Å². The molecule has 27 heavy (non-hydrogen) atoms. The second-order valence-corrected chi connectivity index (χ2v) is 6.08. The zero-order chi connectivity index (χ0) is 18.9. The number of allylic oxidation sites excluding steroid dienone is 1. The van der Waals surface area contributed by atoms with Crippen LogP contribution in [0.3, 0.4) is 0 Å². The Morgan fingerprint density at radius 3 is 2.07 bits per heavy atom. The van der Waals surface area contributed by atoms with E-state index in [1.807, 2.05) is 60.7 Å². The lowest BCUT2D eigenvalue weighted by molar-refractivity contribution is 0.275. The van der Waals surface area contributed by atoms with E-state index in [1.54, 1.807) is 14.2 Å². The van der Waals surface area contributed by atoms with E-state index in [-0.39, 0.29) is 0 Å². The van der Waals surface area contributed by atoms with Gasteiger partial charge in [0.05, 0.1) is 14.2 Å². The molecule has 0 aliphatic carbocycles. The molecular formula is C24H24O3. The Hall–Kier alpha value is -3.20. The van der Waals surface area contributed by atoms with Gasteiger partial charge in [0.2, 0.25) is 5.75 Å². The summed E-state index contributed by atoms with van der Waals surface area (Å²) in [5.74, 6) is 2.01. The smallest absolute Gasteiger partial charge is 0.203 e. The van der Waals surface area contributed by atoms with Crippen molar-refractivity contribution in [2.24, 2.45) is 0 Å². The maximum Gasteiger partial charge on any atom is 0.203 e. The molecule has 0 amide bonds. The van der Waals surface area contributed by atoms with Crippen LogP contribution in [0.4, 0.5) is 0 Å². The lowest BCUT2D eigenvalue weighted by atomic mass is 10.1. The van der Waals surface area contributed by atoms with Crippen molar-refractivity contribution >= 4 is 6.08 Å². The minimum absolute atomic E-state index is 0.480. The van der Waals surface area contributed by atoms with Crippen LogP contribution in [0.1, 0.15) is 16.7 Å². The molecular weight excluding hydrogens is 336 g/mol. The summed E-state index contributed by atoms with van der Waals surface area (Å²) < 4.78 is 17.2. The Balaban J connectivity index is 1.76. The van der Waals surface area contributed by atoms with E-state index in [2.05, 4.69) is 24.3 Å². The highest BCUT2D eigenvalue weighted by Crippen LogP contribution is 2.40. The highest BCUT2D eigenvalue weighted by atomic mass is 16.5. The number of methoxy groups -OCH3 is 2. The molecule has 3 nitrogen and oxygen atoms in total. The molecule has 0 radical (unpaired) electrons. The maximum absolute atomic E-state index is 5.96. The van der Waals surface area contributed by atoms with E-state index < -0.39 is 0 Å². The summed E-state index contributed by atoms with van der Waals surface area (Å²) in [7, 11) is 3.29. The molecule has 0 aromatic heterocycles. The van der Waals surface area contributed by atoms with Crippen molar-refractivity contribution in [3.05, 3.63) is 95.6 Å². The average Bonchev–Trinajstić information content (AvgIpc) is 2.73. The molecule has 3 heteroatoms. The Morgan fingerprint density at radius 1 is 0.741 bits per heavy atom. The molecule has 0 heterocycles. The van der Waals surface area contributed by atoms with Gasteiger partial charge in [-0.15, -0.1) is 0 Å². The summed E-state index contributed by atoms with van der Waals surface area (Å²) in [5, 5.41) is 0. The number of ether oxygens (including phenoxy) is 3. The van der Waals surface area contributed by atoms with Crippen molar-refractivity contribution in [3.8, 4) is 17.2 Å². The molecule has 3 aromatic carbocycles. The summed E-state index contributed by atoms with van der Waals surface area (Å²) in [4.78, 5) is 0. The van der Waals surface area contributed by atoms with Crippen molar-refractivity contribution in [2.75, 3.05) is 14.2 Å². The fraction of sp³-hybridized carbons (Fsp3) is 0.167. The second-order valence-electron chi connectivity index (χ2n) is 6.08. The zero-order valence-corrected chi connectivity index (χ0v) is 15.7. The molecule has 0 saturated carbocycles. The lowest BCUT2D eigenvalue weighted by Gasteiger charge is -2.16. The predicted octanol–water partition coefficient (Wildman–Crippen LogP) is 5.54. The minimum Gasteiger partial charge on any atom is -0.492 e. The van der Waals surface area contributed by atoms with Crippen LogP contribution in [0.25, 0.3) is 6.08 Å². The van der Waals surface area contributed by atoms with Crippen LogP contribution in [-0.2, 0) is 13.0 Å². The molecule has 0 atom stereocenters. The van der Waals surface area contributed by atoms with E-state index in [9.17, 15) is 0 Å². The Kier molecular flexibility index (Phi) is 6.53. The normalized spacial score (nSPS) is 10.7. The van der Waals surface area contributed by atoms with E-state index in [1.165, 1.54) is 5.56 Å². The van der Waals surface area contributed by atoms with Gasteiger partial charge in [0, 0.05) is 5.56 Å². The summed E-state index contributed by atoms with van der Waals surface area (Å²) in [6, 6.07) is 24.3. The number of hydrogen-bond acceptors (Lipinski definition) is 3. The lowest BCUT2D eigenvalue weighted by Crippen LogP contribution is -2.01. The van der Waals surface area contributed by atoms with E-state index >= 15 is 0 Å². The van der Waals surface area contributed by atoms with E-state index in [0.717, 1.165) is 17.5 Å². The highest BCUT2D eigenvalue weighted by molar-refractivity contribution is 5.57. The van der Waals surface area contributed by atoms with Gasteiger partial charge < -0.3 is 14.2 Å². The molecule has 3 rings (SSSR count). The van der Waals surface area contributed by atoms with Gasteiger partial charge in [-0.05, 0) is 23.6 Å². The molecule has 0 aliphatic rings. The van der Waals surface area contributed by atoms with Crippen LogP contribution in [0.5, 0.6) is 17.2 Å². The van der Waals surface area contributed by atoms with Crippen molar-refractivity contribution in [3.63, 3.8) is 0 Å². The van der Waals surface area contributed by atoms with Crippen LogP contribution in [-0.4, -0.2) is 14.2 Å². The number of benzene rings is 3. The highest BCUT2D eigenvalue weighted by Gasteiger charge is 2.15. The van der Waals surface area contributed by atoms with Crippen LogP contribution in [0.2, 0.25) is 0 Å². The van der Waals surface area contributed by atoms with Gasteiger partial charge in [0.25, 0.3) is 0 Å². The Labute approximate surface area is 160 Å². The first-order valence-corrected chi connectivity index (χ1v) is 8.94. The monoisotopic (exact) mass is 360 g/mol. The Bertz CT molecular complexity index is 871. The average molecular weight is 360 g/mol. The number of hydrogen-bond donors (Lipinski definition) is 0. The summed E-state index contributed by atoms with van der Waals surface area (Å²) in [6.45, 7) is 0.480. The van der Waals surface area contributed by atoms with E-state index in [0.29, 0.717) is 23.9 Å². The van der Waals surface area contributed by atoms with Gasteiger partial charge in [-0.25, -0.2) is 0 Å². The van der Waals surface area contributed by atoms with Crippen LogP contribution >= 0.6 is 0 Å². The van der Waals surface area contributed by atoms with Gasteiger partial charge >= 0.3 is 0 Å². The van der Waals surface area contributed by atoms with Gasteiger partial charge in [-0.1, -0.05) is 78.9 Å². The second kappa shape index (κ2) is 9.48. The predicted molar refractivity (Wildman–Crippen MR) is 110 cm³/mol. The SMILES string of the molecule is COc1c(CC=Cc2ccccc2)ccc(OCc2ccccc2)c1OC. The van der Waals surface area contributed by atoms with Crippen LogP contribution < -0.4 is 14.2 Å². The third-order valence-corrected chi connectivity index (χ3v) is 4.25. The topological polar surface area (TPSA) is 27.7 Å². The molecule has 0 saturated heterocycles. The van der Waals surface area contributed by atoms with Gasteiger partial charge in [-0.2, -0.15) is 0 Å². The number of rotatable bonds is 8. The molecule has 138 valence electrons. The van der Waals surface area contributed by atoms with Crippen LogP contribution in [0, 0.1) is 0 Å². The van der Waals surface area contributed by atoms with Crippen molar-refractivity contribution in [2.45, 2.75) is 13.0 Å². The summed E-state index contributed by atoms with van der Waals surface area (Å²) in [5.41, 5.74) is 3.33. The van der Waals surface area contributed by atoms with Crippen molar-refractivity contribution in [1.82, 2.24) is 0 Å². The first-order valence-electron chi connectivity index (χ1n) is 8.94. The van der Waals surface area contributed by atoms with Crippen molar-refractivity contribution in [1.29, 1.82) is 0 Å². The van der Waals surface area contributed by atoms with Crippen molar-refractivity contribution < 1.29 is 14.2 Å². The first-order chi connectivity index (χ1) is 13.3. The standard InChI is InChI=1S/C24H24O3/c1-25-23-21(15-9-14-19-10-5-3-6-11-19)16-17-22(24(23)26-2)27-18-20-12-7-4-8-13-20/h3-14,16-17H,15,18H2,1-2H3.